The van der Waals surface area contributed by atoms with Gasteiger partial charge in [-0.15, -0.1) is 0 Å². The first-order chi connectivity index (χ1) is 6.56. The van der Waals surface area contributed by atoms with Gasteiger partial charge in [0.2, 0.25) is 10.0 Å². The third kappa shape index (κ3) is 3.94. The number of nitrogens with zero attached hydrogens (tertiary/aromatic N) is 1. The van der Waals surface area contributed by atoms with Gasteiger partial charge in [0.15, 0.2) is 0 Å². The van der Waals surface area contributed by atoms with Crippen LogP contribution >= 0.6 is 0 Å². The van der Waals surface area contributed by atoms with Crippen LogP contribution in [0.1, 0.15) is 19.3 Å². The maximum atomic E-state index is 11.7. The van der Waals surface area contributed by atoms with E-state index in [0.717, 1.165) is 25.8 Å². The summed E-state index contributed by atoms with van der Waals surface area (Å²) in [6.07, 6.45) is 3.05. The van der Waals surface area contributed by atoms with E-state index in [-0.39, 0.29) is 0 Å². The average Bonchev–Trinajstić information content (AvgIpc) is 2.88. The third-order valence-corrected chi connectivity index (χ3v) is 4.54. The molecule has 1 fully saturated rings. The van der Waals surface area contributed by atoms with Crippen LogP contribution in [0.2, 0.25) is 0 Å². The molecule has 14 heavy (non-hydrogen) atoms. The van der Waals surface area contributed by atoms with Gasteiger partial charge in [0.1, 0.15) is 0 Å². The smallest absolute Gasteiger partial charge is 0.214 e. The Morgan fingerprint density at radius 1 is 1.43 bits per heavy atom. The normalized spacial score (nSPS) is 17.6. The van der Waals surface area contributed by atoms with Gasteiger partial charge in [-0.3, -0.25) is 0 Å². The van der Waals surface area contributed by atoms with E-state index in [4.69, 9.17) is 0 Å². The van der Waals surface area contributed by atoms with Crippen LogP contribution < -0.4 is 5.32 Å². The van der Waals surface area contributed by atoms with E-state index in [1.54, 1.807) is 7.05 Å². The van der Waals surface area contributed by atoms with E-state index in [1.165, 1.54) is 4.31 Å². The molecule has 0 unspecified atom stereocenters. The molecule has 0 aromatic carbocycles. The Morgan fingerprint density at radius 2 is 2.07 bits per heavy atom. The van der Waals surface area contributed by atoms with Crippen LogP contribution in [-0.4, -0.2) is 45.7 Å². The van der Waals surface area contributed by atoms with Gasteiger partial charge in [0.25, 0.3) is 0 Å². The molecule has 84 valence electrons. The van der Waals surface area contributed by atoms with Crippen LogP contribution in [-0.2, 0) is 10.0 Å². The highest BCUT2D eigenvalue weighted by molar-refractivity contribution is 7.89. The summed E-state index contributed by atoms with van der Waals surface area (Å²) in [6, 6.07) is 0. The molecule has 0 bridgehead atoms. The van der Waals surface area contributed by atoms with Gasteiger partial charge in [-0.2, -0.15) is 0 Å². The molecule has 0 radical (unpaired) electrons. The number of nitrogens with one attached hydrogen (secondary N) is 1. The van der Waals surface area contributed by atoms with Crippen molar-refractivity contribution in [3.05, 3.63) is 0 Å². The number of hydrogen-bond acceptors (Lipinski definition) is 3. The summed E-state index contributed by atoms with van der Waals surface area (Å²) in [5, 5.41) is 3.01. The highest BCUT2D eigenvalue weighted by Crippen LogP contribution is 2.30. The lowest BCUT2D eigenvalue weighted by Gasteiger charge is -2.16. The second-order valence-electron chi connectivity index (χ2n) is 4.00. The molecule has 0 saturated heterocycles. The molecule has 0 amide bonds. The zero-order chi connectivity index (χ0) is 10.6. The highest BCUT2D eigenvalue weighted by atomic mass is 32.2. The fraction of sp³-hybridized carbons (Fsp3) is 1.00. The molecule has 4 nitrogen and oxygen atoms in total. The number of sulfonamides is 1. The van der Waals surface area contributed by atoms with Crippen molar-refractivity contribution in [2.45, 2.75) is 19.3 Å². The molecule has 1 N–H and O–H groups in total. The summed E-state index contributed by atoms with van der Waals surface area (Å²) in [6.45, 7) is 1.49. The Balaban J connectivity index is 2.29. The van der Waals surface area contributed by atoms with Gasteiger partial charge < -0.3 is 5.32 Å². The number of hydrogen-bond donors (Lipinski definition) is 1. The maximum Gasteiger partial charge on any atom is 0.214 e. The van der Waals surface area contributed by atoms with Crippen molar-refractivity contribution in [2.75, 3.05) is 32.9 Å². The molecule has 0 aliphatic heterocycles. The predicted octanol–water partition coefficient (Wildman–Crippen LogP) is 0.267. The minimum Gasteiger partial charge on any atom is -0.320 e. The lowest BCUT2D eigenvalue weighted by Crippen LogP contribution is -2.32. The molecule has 0 spiro atoms. The Morgan fingerprint density at radius 3 is 2.57 bits per heavy atom. The lowest BCUT2D eigenvalue weighted by atomic mass is 10.4. The second-order valence-corrected chi connectivity index (χ2v) is 6.12. The topological polar surface area (TPSA) is 49.4 Å². The van der Waals surface area contributed by atoms with Gasteiger partial charge in [0.05, 0.1) is 5.75 Å². The van der Waals surface area contributed by atoms with Crippen molar-refractivity contribution < 1.29 is 8.42 Å². The van der Waals surface area contributed by atoms with Crippen LogP contribution in [0.5, 0.6) is 0 Å². The molecule has 1 rings (SSSR count). The zero-order valence-electron chi connectivity index (χ0n) is 8.99. The van der Waals surface area contributed by atoms with Gasteiger partial charge in [-0.05, 0) is 38.8 Å². The average molecular weight is 220 g/mol. The summed E-state index contributed by atoms with van der Waals surface area (Å²) in [4.78, 5) is 0. The van der Waals surface area contributed by atoms with E-state index in [2.05, 4.69) is 5.32 Å². The molecule has 5 heteroatoms. The predicted molar refractivity (Wildman–Crippen MR) is 57.7 cm³/mol. The molecule has 1 aliphatic rings. The summed E-state index contributed by atoms with van der Waals surface area (Å²) in [7, 11) is 0.576. The fourth-order valence-corrected chi connectivity index (χ4v) is 2.92. The van der Waals surface area contributed by atoms with Gasteiger partial charge in [-0.25, -0.2) is 12.7 Å². The van der Waals surface area contributed by atoms with Gasteiger partial charge in [0, 0.05) is 13.6 Å². The molecule has 0 aromatic heterocycles. The Hall–Kier alpha value is -0.130. The highest BCUT2D eigenvalue weighted by Gasteiger charge is 2.29. The quantitative estimate of drug-likeness (QED) is 0.626. The first-order valence-electron chi connectivity index (χ1n) is 5.15. The first-order valence-corrected chi connectivity index (χ1v) is 6.76. The monoisotopic (exact) mass is 220 g/mol. The van der Waals surface area contributed by atoms with E-state index in [1.807, 2.05) is 7.05 Å². The molecule has 0 atom stereocenters. The Kier molecular flexibility index (Phi) is 4.34. The minimum absolute atomic E-state index is 0.350. The molecular formula is C9H20N2O2S. The van der Waals surface area contributed by atoms with E-state index < -0.39 is 10.0 Å². The molecule has 0 heterocycles. The van der Waals surface area contributed by atoms with Crippen molar-refractivity contribution in [3.63, 3.8) is 0 Å². The van der Waals surface area contributed by atoms with E-state index in [9.17, 15) is 8.42 Å². The Bertz CT molecular complexity index is 260. The molecule has 1 saturated carbocycles. The van der Waals surface area contributed by atoms with Crippen molar-refractivity contribution in [1.29, 1.82) is 0 Å². The standard InChI is InChI=1S/C9H20N2O2S/c1-10-6-3-7-11(2)14(12,13)8-9-4-5-9/h9-10H,3-8H2,1-2H3. The first kappa shape index (κ1) is 11.9. The van der Waals surface area contributed by atoms with Crippen molar-refractivity contribution >= 4 is 10.0 Å². The van der Waals surface area contributed by atoms with Crippen LogP contribution in [0.15, 0.2) is 0 Å². The van der Waals surface area contributed by atoms with E-state index >= 15 is 0 Å². The lowest BCUT2D eigenvalue weighted by molar-refractivity contribution is 0.456. The number of rotatable bonds is 7. The summed E-state index contributed by atoms with van der Waals surface area (Å²) < 4.78 is 24.9. The van der Waals surface area contributed by atoms with Crippen LogP contribution in [0, 0.1) is 5.92 Å². The SMILES string of the molecule is CNCCCN(C)S(=O)(=O)CC1CC1. The van der Waals surface area contributed by atoms with Crippen molar-refractivity contribution in [2.24, 2.45) is 5.92 Å². The summed E-state index contributed by atoms with van der Waals surface area (Å²) in [5.74, 6) is 0.787. The maximum absolute atomic E-state index is 11.7. The van der Waals surface area contributed by atoms with Crippen molar-refractivity contribution in [1.82, 2.24) is 9.62 Å². The van der Waals surface area contributed by atoms with Crippen molar-refractivity contribution in [3.8, 4) is 0 Å². The van der Waals surface area contributed by atoms with E-state index in [0.29, 0.717) is 18.2 Å². The zero-order valence-corrected chi connectivity index (χ0v) is 9.81. The molecule has 0 aromatic rings. The molecule has 1 aliphatic carbocycles. The van der Waals surface area contributed by atoms with Gasteiger partial charge >= 0.3 is 0 Å². The summed E-state index contributed by atoms with van der Waals surface area (Å²) in [5.41, 5.74) is 0. The van der Waals surface area contributed by atoms with Crippen LogP contribution in [0.4, 0.5) is 0 Å². The van der Waals surface area contributed by atoms with Crippen LogP contribution in [0.25, 0.3) is 0 Å². The molecular weight excluding hydrogens is 200 g/mol. The van der Waals surface area contributed by atoms with Gasteiger partial charge in [-0.1, -0.05) is 0 Å². The summed E-state index contributed by atoms with van der Waals surface area (Å²) >= 11 is 0. The second kappa shape index (κ2) is 5.09. The minimum atomic E-state index is -2.97. The Labute approximate surface area is 86.7 Å². The van der Waals surface area contributed by atoms with Crippen LogP contribution in [0.3, 0.4) is 0 Å². The third-order valence-electron chi connectivity index (χ3n) is 2.52. The fourth-order valence-electron chi connectivity index (χ4n) is 1.33. The largest absolute Gasteiger partial charge is 0.320 e.